The smallest absolute Gasteiger partial charge is 0.277 e. The van der Waals surface area contributed by atoms with Gasteiger partial charge < -0.3 is 14.5 Å². The van der Waals surface area contributed by atoms with Crippen molar-refractivity contribution in [3.05, 3.63) is 58.7 Å². The molecule has 134 valence electrons. The molecule has 0 aliphatic rings. The first-order chi connectivity index (χ1) is 12.6. The average molecular weight is 411 g/mol. The second-order valence-electron chi connectivity index (χ2n) is 4.86. The summed E-state index contributed by atoms with van der Waals surface area (Å²) in [6.07, 6.45) is 1.54. The quantitative estimate of drug-likeness (QED) is 0.463. The number of aromatic nitrogens is 3. The monoisotopic (exact) mass is 410 g/mol. The van der Waals surface area contributed by atoms with Crippen LogP contribution in [0.5, 0.6) is 5.75 Å². The average Bonchev–Trinajstić information content (AvgIpc) is 3.09. The summed E-state index contributed by atoms with van der Waals surface area (Å²) in [4.78, 5) is 15.8. The molecule has 26 heavy (non-hydrogen) atoms. The van der Waals surface area contributed by atoms with Crippen LogP contribution in [0.25, 0.3) is 0 Å². The predicted molar refractivity (Wildman–Crippen MR) is 98.7 cm³/mol. The summed E-state index contributed by atoms with van der Waals surface area (Å²) in [6, 6.07) is 10.4. The fraction of sp³-hybridized carbons (Fsp3) is 0.125. The zero-order chi connectivity index (χ0) is 18.4. The number of hydrogen-bond acceptors (Lipinski definition) is 7. The lowest BCUT2D eigenvalue weighted by molar-refractivity contribution is -0.113. The van der Waals surface area contributed by atoms with Crippen molar-refractivity contribution in [2.75, 3.05) is 11.1 Å². The first-order valence-electron chi connectivity index (χ1n) is 7.34. The minimum absolute atomic E-state index is 0.0782. The van der Waals surface area contributed by atoms with Crippen LogP contribution in [0.1, 0.15) is 5.89 Å². The highest BCUT2D eigenvalue weighted by Crippen LogP contribution is 2.24. The number of benzene rings is 1. The first-order valence-corrected chi connectivity index (χ1v) is 9.09. The normalized spacial score (nSPS) is 10.5. The maximum Gasteiger partial charge on any atom is 0.277 e. The van der Waals surface area contributed by atoms with Gasteiger partial charge >= 0.3 is 0 Å². The van der Waals surface area contributed by atoms with Crippen LogP contribution < -0.4 is 10.1 Å². The van der Waals surface area contributed by atoms with Gasteiger partial charge in [-0.25, -0.2) is 4.98 Å². The molecular formula is C16H12Cl2N4O3S. The van der Waals surface area contributed by atoms with E-state index < -0.39 is 0 Å². The SMILES string of the molecule is O=C(CSc1nnc(COc2ccccc2Cl)o1)Nc1cccnc1Cl. The Bertz CT molecular complexity index is 906. The minimum Gasteiger partial charge on any atom is -0.482 e. The Hall–Kier alpha value is -2.29. The molecule has 0 aliphatic heterocycles. The van der Waals surface area contributed by atoms with Crippen LogP contribution in [-0.2, 0) is 11.4 Å². The fourth-order valence-electron chi connectivity index (χ4n) is 1.85. The lowest BCUT2D eigenvalue weighted by Crippen LogP contribution is -2.14. The van der Waals surface area contributed by atoms with Gasteiger partial charge in [-0.15, -0.1) is 10.2 Å². The fourth-order valence-corrected chi connectivity index (χ4v) is 2.79. The van der Waals surface area contributed by atoms with E-state index >= 15 is 0 Å². The number of carbonyl (C=O) groups is 1. The van der Waals surface area contributed by atoms with Gasteiger partial charge in [0.1, 0.15) is 5.75 Å². The van der Waals surface area contributed by atoms with Gasteiger partial charge in [0.15, 0.2) is 11.8 Å². The minimum atomic E-state index is -0.267. The molecule has 0 bridgehead atoms. The molecule has 1 N–H and O–H groups in total. The summed E-state index contributed by atoms with van der Waals surface area (Å²) in [5.74, 6) is 0.618. The molecule has 0 spiro atoms. The van der Waals surface area contributed by atoms with Crippen LogP contribution in [0.4, 0.5) is 5.69 Å². The van der Waals surface area contributed by atoms with Gasteiger partial charge in [-0.3, -0.25) is 4.79 Å². The summed E-state index contributed by atoms with van der Waals surface area (Å²) in [6.45, 7) is 0.0782. The van der Waals surface area contributed by atoms with Crippen LogP contribution >= 0.6 is 35.0 Å². The molecule has 0 aliphatic carbocycles. The van der Waals surface area contributed by atoms with E-state index in [1.54, 1.807) is 30.3 Å². The number of amides is 1. The molecule has 0 atom stereocenters. The van der Waals surface area contributed by atoms with Crippen LogP contribution in [0.15, 0.2) is 52.2 Å². The molecule has 0 saturated carbocycles. The molecule has 0 saturated heterocycles. The van der Waals surface area contributed by atoms with Gasteiger partial charge in [0.05, 0.1) is 16.5 Å². The zero-order valence-corrected chi connectivity index (χ0v) is 15.5. The van der Waals surface area contributed by atoms with Crippen LogP contribution in [0.3, 0.4) is 0 Å². The Morgan fingerprint density at radius 3 is 2.85 bits per heavy atom. The van der Waals surface area contributed by atoms with Crippen molar-refractivity contribution in [3.63, 3.8) is 0 Å². The van der Waals surface area contributed by atoms with Gasteiger partial charge in [0, 0.05) is 6.20 Å². The van der Waals surface area contributed by atoms with E-state index in [9.17, 15) is 4.79 Å². The van der Waals surface area contributed by atoms with Crippen molar-refractivity contribution >= 4 is 46.6 Å². The molecule has 1 aromatic carbocycles. The van der Waals surface area contributed by atoms with Gasteiger partial charge in [0.25, 0.3) is 11.1 Å². The molecule has 0 radical (unpaired) electrons. The third kappa shape index (κ3) is 5.10. The standard InChI is InChI=1S/C16H12Cl2N4O3S/c17-10-4-1-2-6-12(10)24-8-14-21-22-16(25-14)26-9-13(23)20-11-5-3-7-19-15(11)18/h1-7H,8-9H2,(H,20,23). The predicted octanol–water partition coefficient (Wildman–Crippen LogP) is 4.08. The van der Waals surface area contributed by atoms with E-state index in [1.165, 1.54) is 6.20 Å². The molecule has 10 heteroatoms. The van der Waals surface area contributed by atoms with E-state index in [0.717, 1.165) is 11.8 Å². The van der Waals surface area contributed by atoms with Gasteiger partial charge in [0.2, 0.25) is 5.91 Å². The zero-order valence-electron chi connectivity index (χ0n) is 13.2. The van der Waals surface area contributed by atoms with E-state index in [1.807, 2.05) is 6.07 Å². The van der Waals surface area contributed by atoms with E-state index in [0.29, 0.717) is 16.5 Å². The second-order valence-corrected chi connectivity index (χ2v) is 6.55. The molecule has 0 fully saturated rings. The van der Waals surface area contributed by atoms with Gasteiger partial charge in [-0.05, 0) is 24.3 Å². The highest BCUT2D eigenvalue weighted by atomic mass is 35.5. The molecule has 2 heterocycles. The number of nitrogens with zero attached hydrogens (tertiary/aromatic N) is 3. The Kier molecular flexibility index (Phi) is 6.32. The largest absolute Gasteiger partial charge is 0.482 e. The van der Waals surface area contributed by atoms with Crippen molar-refractivity contribution in [1.82, 2.24) is 15.2 Å². The molecule has 7 nitrogen and oxygen atoms in total. The van der Waals surface area contributed by atoms with Crippen molar-refractivity contribution in [1.29, 1.82) is 0 Å². The van der Waals surface area contributed by atoms with Gasteiger partial charge in [-0.1, -0.05) is 47.1 Å². The lowest BCUT2D eigenvalue weighted by Gasteiger charge is -2.05. The number of carbonyl (C=O) groups excluding carboxylic acids is 1. The van der Waals surface area contributed by atoms with E-state index in [2.05, 4.69) is 20.5 Å². The number of rotatable bonds is 7. The summed E-state index contributed by atoms with van der Waals surface area (Å²) >= 11 is 13.0. The van der Waals surface area contributed by atoms with E-state index in [-0.39, 0.29) is 34.5 Å². The lowest BCUT2D eigenvalue weighted by atomic mass is 10.3. The highest BCUT2D eigenvalue weighted by molar-refractivity contribution is 7.99. The number of anilines is 1. The maximum atomic E-state index is 11.9. The number of pyridine rings is 1. The topological polar surface area (TPSA) is 90.1 Å². The van der Waals surface area contributed by atoms with Gasteiger partial charge in [-0.2, -0.15) is 0 Å². The molecular weight excluding hydrogens is 399 g/mol. The number of ether oxygens (including phenoxy) is 1. The Morgan fingerprint density at radius 2 is 2.04 bits per heavy atom. The molecule has 2 aromatic heterocycles. The summed E-state index contributed by atoms with van der Waals surface area (Å²) in [5, 5.41) is 11.4. The Morgan fingerprint density at radius 1 is 1.19 bits per heavy atom. The van der Waals surface area contributed by atoms with Crippen molar-refractivity contribution in [2.45, 2.75) is 11.8 Å². The molecule has 3 aromatic rings. The van der Waals surface area contributed by atoms with Crippen LogP contribution in [0.2, 0.25) is 10.2 Å². The maximum absolute atomic E-state index is 11.9. The Balaban J connectivity index is 1.48. The number of hydrogen-bond donors (Lipinski definition) is 1. The summed E-state index contributed by atoms with van der Waals surface area (Å²) in [5.41, 5.74) is 0.444. The van der Waals surface area contributed by atoms with Crippen molar-refractivity contribution in [3.8, 4) is 5.75 Å². The summed E-state index contributed by atoms with van der Waals surface area (Å²) < 4.78 is 10.9. The molecule has 0 unspecified atom stereocenters. The first kappa shape index (κ1) is 18.5. The number of halogens is 2. The van der Waals surface area contributed by atoms with Crippen molar-refractivity contribution < 1.29 is 13.9 Å². The molecule has 3 rings (SSSR count). The third-order valence-electron chi connectivity index (χ3n) is 3.00. The second kappa shape index (κ2) is 8.88. The number of para-hydroxylation sites is 1. The number of nitrogens with one attached hydrogen (secondary N) is 1. The highest BCUT2D eigenvalue weighted by Gasteiger charge is 2.12. The number of thioether (sulfide) groups is 1. The third-order valence-corrected chi connectivity index (χ3v) is 4.43. The van der Waals surface area contributed by atoms with Crippen LogP contribution in [-0.4, -0.2) is 26.8 Å². The van der Waals surface area contributed by atoms with Crippen LogP contribution in [0, 0.1) is 0 Å². The summed E-state index contributed by atoms with van der Waals surface area (Å²) in [7, 11) is 0. The van der Waals surface area contributed by atoms with Crippen molar-refractivity contribution in [2.24, 2.45) is 0 Å². The Labute approximate surface area is 163 Å². The van der Waals surface area contributed by atoms with E-state index in [4.69, 9.17) is 32.4 Å². The molecule has 1 amide bonds.